The van der Waals surface area contributed by atoms with Crippen LogP contribution in [0.5, 0.6) is 0 Å². The van der Waals surface area contributed by atoms with Crippen molar-refractivity contribution in [3.8, 4) is 22.8 Å². The quantitative estimate of drug-likeness (QED) is 0.259. The summed E-state index contributed by atoms with van der Waals surface area (Å²) in [7, 11) is 0. The van der Waals surface area contributed by atoms with Gasteiger partial charge in [-0.25, -0.2) is 14.4 Å². The molecule has 6 heterocycles. The second kappa shape index (κ2) is 10.4. The number of carbonyl (C=O) groups excluding carboxylic acids is 1. The summed E-state index contributed by atoms with van der Waals surface area (Å²) < 4.78 is 16.1. The van der Waals surface area contributed by atoms with Gasteiger partial charge in [0.25, 0.3) is 0 Å². The first-order valence-corrected chi connectivity index (χ1v) is 13.6. The molecule has 41 heavy (non-hydrogen) atoms. The van der Waals surface area contributed by atoms with Crippen LogP contribution in [0, 0.1) is 5.82 Å². The number of nitrogens with one attached hydrogen (secondary N) is 3. The zero-order valence-electron chi connectivity index (χ0n) is 22.1. The Hall–Kier alpha value is -5.19. The fourth-order valence-corrected chi connectivity index (χ4v) is 5.37. The molecule has 204 valence electrons. The summed E-state index contributed by atoms with van der Waals surface area (Å²) in [5, 5.41) is 10.4. The van der Waals surface area contributed by atoms with E-state index in [9.17, 15) is 4.79 Å². The average Bonchev–Trinajstić information content (AvgIpc) is 3.63. The molecule has 1 amide bonds. The van der Waals surface area contributed by atoms with E-state index in [1.54, 1.807) is 12.3 Å². The molecule has 1 aromatic carbocycles. The molecule has 1 fully saturated rings. The Bertz CT molecular complexity index is 1880. The molecule has 11 heteroatoms. The summed E-state index contributed by atoms with van der Waals surface area (Å²) in [4.78, 5) is 36.0. The third kappa shape index (κ3) is 4.75. The molecule has 6 aromatic rings. The van der Waals surface area contributed by atoms with Crippen molar-refractivity contribution in [1.29, 1.82) is 0 Å². The van der Waals surface area contributed by atoms with Gasteiger partial charge >= 0.3 is 0 Å². The monoisotopic (exact) mass is 547 g/mol. The summed E-state index contributed by atoms with van der Waals surface area (Å²) in [6.45, 7) is 1.94. The van der Waals surface area contributed by atoms with Gasteiger partial charge in [-0.3, -0.25) is 19.9 Å². The molecule has 0 bridgehead atoms. The summed E-state index contributed by atoms with van der Waals surface area (Å²) in [5.41, 5.74) is 5.00. The third-order valence-electron chi connectivity index (χ3n) is 7.33. The highest BCUT2D eigenvalue weighted by Gasteiger charge is 2.23. The fraction of sp³-hybridized carbons (Fsp3) is 0.200. The van der Waals surface area contributed by atoms with Crippen molar-refractivity contribution in [3.05, 3.63) is 78.6 Å². The number of anilines is 2. The van der Waals surface area contributed by atoms with Crippen LogP contribution >= 0.6 is 0 Å². The highest BCUT2D eigenvalue weighted by molar-refractivity contribution is 5.97. The Kier molecular flexibility index (Phi) is 6.31. The van der Waals surface area contributed by atoms with E-state index >= 15 is 4.39 Å². The first kappa shape index (κ1) is 24.8. The largest absolute Gasteiger partial charge is 0.370 e. The smallest absolute Gasteiger partial charge is 0.228 e. The average molecular weight is 548 g/mol. The molecule has 0 spiro atoms. The van der Waals surface area contributed by atoms with Crippen molar-refractivity contribution in [1.82, 2.24) is 35.1 Å². The number of aromatic nitrogens is 7. The lowest BCUT2D eigenvalue weighted by Gasteiger charge is -2.28. The molecule has 1 saturated heterocycles. The minimum absolute atomic E-state index is 0.0926. The van der Waals surface area contributed by atoms with E-state index in [0.717, 1.165) is 42.7 Å². The summed E-state index contributed by atoms with van der Waals surface area (Å²) in [5.74, 6) is -0.344. The zero-order chi connectivity index (χ0) is 27.8. The number of nitrogens with zero attached hydrogens (tertiary/aromatic N) is 6. The Morgan fingerprint density at radius 1 is 1.00 bits per heavy atom. The van der Waals surface area contributed by atoms with E-state index in [1.807, 2.05) is 36.4 Å². The van der Waals surface area contributed by atoms with E-state index in [1.165, 1.54) is 25.0 Å². The second-order valence-corrected chi connectivity index (χ2v) is 10.1. The molecule has 1 aliphatic heterocycles. The number of imidazole rings is 1. The number of fused-ring (bicyclic) bond motifs is 2. The number of aromatic amines is 2. The number of H-pyrrole nitrogens is 2. The van der Waals surface area contributed by atoms with E-state index in [4.69, 9.17) is 4.98 Å². The summed E-state index contributed by atoms with van der Waals surface area (Å²) in [6, 6.07) is 13.1. The van der Waals surface area contributed by atoms with Gasteiger partial charge in [-0.2, -0.15) is 5.10 Å². The maximum Gasteiger partial charge on any atom is 0.228 e. The van der Waals surface area contributed by atoms with Crippen LogP contribution in [-0.4, -0.2) is 54.1 Å². The highest BCUT2D eigenvalue weighted by Crippen LogP contribution is 2.34. The molecule has 0 saturated carbocycles. The van der Waals surface area contributed by atoms with Crippen LogP contribution in [-0.2, 0) is 11.2 Å². The van der Waals surface area contributed by atoms with Crippen LogP contribution in [0.4, 0.5) is 15.8 Å². The van der Waals surface area contributed by atoms with Gasteiger partial charge in [0.15, 0.2) is 17.3 Å². The van der Waals surface area contributed by atoms with Gasteiger partial charge in [-0.1, -0.05) is 30.3 Å². The number of benzene rings is 1. The van der Waals surface area contributed by atoms with Crippen molar-refractivity contribution in [2.75, 3.05) is 23.3 Å². The standard InChI is InChI=1S/C30H26FN9O/c31-25-24-21(17-34-26(25)19-14-20(16-32-15-19)35-23(41)13-18-7-3-1-4-8-18)38-39-28(24)30-36-27-22(9-10-33-29(27)37-30)40-11-5-2-6-12-40/h1,3-4,7-10,14-17H,2,5-6,11-13H2,(H,35,41)(H,38,39)(H,33,36,37). The molecule has 0 atom stereocenters. The molecule has 7 rings (SSSR count). The molecule has 0 radical (unpaired) electrons. The van der Waals surface area contributed by atoms with Crippen molar-refractivity contribution in [3.63, 3.8) is 0 Å². The Balaban J connectivity index is 1.22. The summed E-state index contributed by atoms with van der Waals surface area (Å²) >= 11 is 0. The van der Waals surface area contributed by atoms with E-state index in [-0.39, 0.29) is 23.4 Å². The molecule has 1 aliphatic rings. The van der Waals surface area contributed by atoms with Crippen molar-refractivity contribution in [2.45, 2.75) is 25.7 Å². The normalized spacial score (nSPS) is 13.6. The predicted octanol–water partition coefficient (Wildman–Crippen LogP) is 5.27. The van der Waals surface area contributed by atoms with Crippen LogP contribution in [0.1, 0.15) is 24.8 Å². The lowest BCUT2D eigenvalue weighted by Crippen LogP contribution is -2.29. The Morgan fingerprint density at radius 3 is 2.71 bits per heavy atom. The minimum Gasteiger partial charge on any atom is -0.370 e. The number of piperidine rings is 1. The lowest BCUT2D eigenvalue weighted by atomic mass is 10.1. The highest BCUT2D eigenvalue weighted by atomic mass is 19.1. The number of carbonyl (C=O) groups is 1. The number of amides is 1. The van der Waals surface area contributed by atoms with E-state index < -0.39 is 5.82 Å². The van der Waals surface area contributed by atoms with Gasteiger partial charge in [-0.15, -0.1) is 0 Å². The van der Waals surface area contributed by atoms with Gasteiger partial charge in [0.1, 0.15) is 16.9 Å². The second-order valence-electron chi connectivity index (χ2n) is 10.1. The van der Waals surface area contributed by atoms with Crippen molar-refractivity contribution >= 4 is 39.3 Å². The molecule has 10 nitrogen and oxygen atoms in total. The predicted molar refractivity (Wildman–Crippen MR) is 155 cm³/mol. The Morgan fingerprint density at radius 2 is 1.85 bits per heavy atom. The fourth-order valence-electron chi connectivity index (χ4n) is 5.37. The van der Waals surface area contributed by atoms with Gasteiger partial charge in [0.05, 0.1) is 41.1 Å². The number of pyridine rings is 3. The topological polar surface area (TPSA) is 128 Å². The molecule has 0 unspecified atom stereocenters. The van der Waals surface area contributed by atoms with Crippen molar-refractivity contribution < 1.29 is 9.18 Å². The van der Waals surface area contributed by atoms with Gasteiger partial charge in [0, 0.05) is 31.0 Å². The number of hydrogen-bond acceptors (Lipinski definition) is 7. The molecular weight excluding hydrogens is 521 g/mol. The lowest BCUT2D eigenvalue weighted by molar-refractivity contribution is -0.115. The maximum absolute atomic E-state index is 16.1. The number of halogens is 1. The third-order valence-corrected chi connectivity index (χ3v) is 7.33. The number of rotatable bonds is 6. The molecule has 3 N–H and O–H groups in total. The first-order chi connectivity index (χ1) is 20.1. The first-order valence-electron chi connectivity index (χ1n) is 13.6. The Labute approximate surface area is 234 Å². The van der Waals surface area contributed by atoms with Crippen LogP contribution in [0.2, 0.25) is 0 Å². The van der Waals surface area contributed by atoms with Gasteiger partial charge in [0.2, 0.25) is 5.91 Å². The molecule has 5 aromatic heterocycles. The zero-order valence-corrected chi connectivity index (χ0v) is 22.1. The van der Waals surface area contributed by atoms with Crippen LogP contribution in [0.25, 0.3) is 44.8 Å². The van der Waals surface area contributed by atoms with Crippen LogP contribution in [0.15, 0.2) is 67.3 Å². The van der Waals surface area contributed by atoms with Crippen LogP contribution in [0.3, 0.4) is 0 Å². The minimum atomic E-state index is -0.564. The van der Waals surface area contributed by atoms with E-state index in [2.05, 4.69) is 40.3 Å². The molecular formula is C30H26FN9O. The number of hydrogen-bond donors (Lipinski definition) is 3. The van der Waals surface area contributed by atoms with Gasteiger partial charge < -0.3 is 15.2 Å². The van der Waals surface area contributed by atoms with Crippen molar-refractivity contribution in [2.24, 2.45) is 0 Å². The van der Waals surface area contributed by atoms with E-state index in [0.29, 0.717) is 33.9 Å². The molecule has 0 aliphatic carbocycles. The maximum atomic E-state index is 16.1. The SMILES string of the molecule is O=C(Cc1ccccc1)Nc1cncc(-c2ncc3[nH]nc(-c4nc5c(N6CCCCC6)ccnc5[nH]4)c3c2F)c1. The van der Waals surface area contributed by atoms with Crippen LogP contribution < -0.4 is 10.2 Å². The van der Waals surface area contributed by atoms with Gasteiger partial charge in [-0.05, 0) is 37.0 Å². The summed E-state index contributed by atoms with van der Waals surface area (Å²) in [6.07, 6.45) is 10.0.